The second-order valence-corrected chi connectivity index (χ2v) is 3.78. The Kier molecular flexibility index (Phi) is 4.69. The molecule has 1 rings (SSSR count). The second-order valence-electron chi connectivity index (χ2n) is 3.78. The first kappa shape index (κ1) is 12.1. The zero-order valence-electron chi connectivity index (χ0n) is 9.19. The summed E-state index contributed by atoms with van der Waals surface area (Å²) in [6.07, 6.45) is 1.58. The first-order valence-electron chi connectivity index (χ1n) is 5.30. The summed E-state index contributed by atoms with van der Waals surface area (Å²) in [5.41, 5.74) is 0.720. The van der Waals surface area contributed by atoms with Gasteiger partial charge in [-0.25, -0.2) is 8.78 Å². The fraction of sp³-hybridized carbons (Fsp3) is 0.500. The van der Waals surface area contributed by atoms with E-state index in [0.29, 0.717) is 12.5 Å². The molecule has 0 aliphatic carbocycles. The van der Waals surface area contributed by atoms with Gasteiger partial charge in [0, 0.05) is 12.1 Å². The van der Waals surface area contributed by atoms with Crippen LogP contribution >= 0.6 is 0 Å². The number of hydrogen-bond acceptors (Lipinski definition) is 1. The monoisotopic (exact) mass is 213 g/mol. The maximum Gasteiger partial charge on any atom is 0.126 e. The molecule has 0 saturated carbocycles. The highest BCUT2D eigenvalue weighted by molar-refractivity contribution is 5.18. The Hall–Kier alpha value is -0.960. The number of benzene rings is 1. The van der Waals surface area contributed by atoms with Crippen LogP contribution in [0.3, 0.4) is 0 Å². The van der Waals surface area contributed by atoms with Gasteiger partial charge in [0.1, 0.15) is 11.6 Å². The highest BCUT2D eigenvalue weighted by Crippen LogP contribution is 2.10. The number of nitrogens with one attached hydrogen (secondary N) is 1. The van der Waals surface area contributed by atoms with E-state index in [1.807, 2.05) is 6.92 Å². The van der Waals surface area contributed by atoms with Crippen LogP contribution in [0.5, 0.6) is 0 Å². The first-order valence-corrected chi connectivity index (χ1v) is 5.30. The van der Waals surface area contributed by atoms with Gasteiger partial charge in [-0.3, -0.25) is 0 Å². The molecule has 1 aromatic rings. The normalized spacial score (nSPS) is 12.8. The molecule has 15 heavy (non-hydrogen) atoms. The molecule has 0 fully saturated rings. The van der Waals surface area contributed by atoms with Crippen LogP contribution in [0.1, 0.15) is 25.8 Å². The Morgan fingerprint density at radius 3 is 2.33 bits per heavy atom. The average Bonchev–Trinajstić information content (AvgIpc) is 2.14. The highest BCUT2D eigenvalue weighted by atomic mass is 19.1. The van der Waals surface area contributed by atoms with Gasteiger partial charge >= 0.3 is 0 Å². The van der Waals surface area contributed by atoms with E-state index in [-0.39, 0.29) is 0 Å². The Morgan fingerprint density at radius 2 is 1.80 bits per heavy atom. The van der Waals surface area contributed by atoms with E-state index >= 15 is 0 Å². The molecule has 0 bridgehead atoms. The lowest BCUT2D eigenvalue weighted by Gasteiger charge is -2.11. The molecule has 1 N–H and O–H groups in total. The van der Waals surface area contributed by atoms with Crippen molar-refractivity contribution < 1.29 is 8.78 Å². The SMILES string of the molecule is CCNC(C)CCc1cc(F)cc(F)c1. The van der Waals surface area contributed by atoms with Crippen LogP contribution in [-0.2, 0) is 6.42 Å². The number of hydrogen-bond donors (Lipinski definition) is 1. The number of halogens is 2. The van der Waals surface area contributed by atoms with Crippen molar-refractivity contribution in [3.8, 4) is 0 Å². The van der Waals surface area contributed by atoms with Gasteiger partial charge in [-0.15, -0.1) is 0 Å². The predicted molar refractivity (Wildman–Crippen MR) is 57.8 cm³/mol. The number of rotatable bonds is 5. The van der Waals surface area contributed by atoms with Gasteiger partial charge in [0.15, 0.2) is 0 Å². The highest BCUT2D eigenvalue weighted by Gasteiger charge is 2.03. The van der Waals surface area contributed by atoms with Crippen LogP contribution in [0, 0.1) is 11.6 Å². The summed E-state index contributed by atoms with van der Waals surface area (Å²) in [5.74, 6) is -0.998. The first-order chi connectivity index (χ1) is 7.11. The average molecular weight is 213 g/mol. The van der Waals surface area contributed by atoms with Crippen molar-refractivity contribution in [3.63, 3.8) is 0 Å². The molecule has 0 spiro atoms. The molecule has 0 aromatic heterocycles. The van der Waals surface area contributed by atoms with Crippen LogP contribution in [0.4, 0.5) is 8.78 Å². The Balaban J connectivity index is 2.50. The van der Waals surface area contributed by atoms with E-state index in [1.54, 1.807) is 0 Å². The van der Waals surface area contributed by atoms with Crippen molar-refractivity contribution >= 4 is 0 Å². The van der Waals surface area contributed by atoms with E-state index in [4.69, 9.17) is 0 Å². The van der Waals surface area contributed by atoms with Crippen molar-refractivity contribution in [2.45, 2.75) is 32.7 Å². The summed E-state index contributed by atoms with van der Waals surface area (Å²) in [7, 11) is 0. The van der Waals surface area contributed by atoms with E-state index in [9.17, 15) is 8.78 Å². The lowest BCUT2D eigenvalue weighted by molar-refractivity contribution is 0.526. The Morgan fingerprint density at radius 1 is 1.20 bits per heavy atom. The lowest BCUT2D eigenvalue weighted by Crippen LogP contribution is -2.25. The number of aryl methyl sites for hydroxylation is 1. The minimum absolute atomic E-state index is 0.376. The van der Waals surface area contributed by atoms with E-state index in [2.05, 4.69) is 12.2 Å². The van der Waals surface area contributed by atoms with Gasteiger partial charge in [-0.2, -0.15) is 0 Å². The fourth-order valence-electron chi connectivity index (χ4n) is 1.59. The maximum absolute atomic E-state index is 12.8. The Labute approximate surface area is 89.5 Å². The summed E-state index contributed by atoms with van der Waals surface area (Å²) in [5, 5.41) is 3.26. The summed E-state index contributed by atoms with van der Waals surface area (Å²) >= 11 is 0. The van der Waals surface area contributed by atoms with Crippen molar-refractivity contribution in [2.75, 3.05) is 6.54 Å². The molecule has 1 atom stereocenters. The van der Waals surface area contributed by atoms with E-state index in [1.165, 1.54) is 12.1 Å². The third kappa shape index (κ3) is 4.38. The predicted octanol–water partition coefficient (Wildman–Crippen LogP) is 2.90. The van der Waals surface area contributed by atoms with E-state index in [0.717, 1.165) is 24.6 Å². The van der Waals surface area contributed by atoms with Crippen LogP contribution in [0.2, 0.25) is 0 Å². The molecule has 1 aromatic carbocycles. The minimum atomic E-state index is -0.499. The Bertz CT molecular complexity index is 292. The van der Waals surface area contributed by atoms with Gasteiger partial charge < -0.3 is 5.32 Å². The van der Waals surface area contributed by atoms with Gasteiger partial charge in [0.25, 0.3) is 0 Å². The minimum Gasteiger partial charge on any atom is -0.315 e. The molecule has 0 amide bonds. The molecule has 1 unspecified atom stereocenters. The summed E-state index contributed by atoms with van der Waals surface area (Å²) in [6, 6.07) is 4.06. The second kappa shape index (κ2) is 5.81. The maximum atomic E-state index is 12.8. The van der Waals surface area contributed by atoms with Gasteiger partial charge in [-0.05, 0) is 44.0 Å². The third-order valence-corrected chi connectivity index (χ3v) is 2.34. The molecule has 1 nitrogen and oxygen atoms in total. The lowest BCUT2D eigenvalue weighted by atomic mass is 10.1. The van der Waals surface area contributed by atoms with Gasteiger partial charge in [0.05, 0.1) is 0 Å². The van der Waals surface area contributed by atoms with Crippen molar-refractivity contribution in [2.24, 2.45) is 0 Å². The van der Waals surface area contributed by atoms with Gasteiger partial charge in [-0.1, -0.05) is 6.92 Å². The standard InChI is InChI=1S/C12H17F2N/c1-3-15-9(2)4-5-10-6-11(13)8-12(14)7-10/h6-9,15H,3-5H2,1-2H3. The molecule has 0 saturated heterocycles. The van der Waals surface area contributed by atoms with Crippen LogP contribution in [-0.4, -0.2) is 12.6 Å². The van der Waals surface area contributed by atoms with Crippen molar-refractivity contribution in [1.29, 1.82) is 0 Å². The summed E-state index contributed by atoms with van der Waals surface area (Å²) < 4.78 is 25.7. The molecule has 0 aliphatic heterocycles. The molecule has 0 radical (unpaired) electrons. The zero-order chi connectivity index (χ0) is 11.3. The molecule has 84 valence electrons. The largest absolute Gasteiger partial charge is 0.315 e. The third-order valence-electron chi connectivity index (χ3n) is 2.34. The quantitative estimate of drug-likeness (QED) is 0.793. The smallest absolute Gasteiger partial charge is 0.126 e. The molecule has 0 heterocycles. The van der Waals surface area contributed by atoms with E-state index < -0.39 is 11.6 Å². The molecular weight excluding hydrogens is 196 g/mol. The molecule has 3 heteroatoms. The summed E-state index contributed by atoms with van der Waals surface area (Å²) in [6.45, 7) is 5.02. The van der Waals surface area contributed by atoms with Crippen molar-refractivity contribution in [1.82, 2.24) is 5.32 Å². The van der Waals surface area contributed by atoms with Crippen LogP contribution in [0.25, 0.3) is 0 Å². The van der Waals surface area contributed by atoms with Crippen molar-refractivity contribution in [3.05, 3.63) is 35.4 Å². The van der Waals surface area contributed by atoms with Crippen LogP contribution < -0.4 is 5.32 Å². The molecule has 0 aliphatic rings. The topological polar surface area (TPSA) is 12.0 Å². The fourth-order valence-corrected chi connectivity index (χ4v) is 1.59. The summed E-state index contributed by atoms with van der Waals surface area (Å²) in [4.78, 5) is 0. The van der Waals surface area contributed by atoms with Gasteiger partial charge in [0.2, 0.25) is 0 Å². The zero-order valence-corrected chi connectivity index (χ0v) is 9.19. The molecular formula is C12H17F2N. The van der Waals surface area contributed by atoms with Crippen LogP contribution in [0.15, 0.2) is 18.2 Å².